The normalized spacial score (nSPS) is 16.2. The first kappa shape index (κ1) is 12.1. The maximum atomic E-state index is 11.9. The van der Waals surface area contributed by atoms with Crippen LogP contribution in [0.5, 0.6) is 0 Å². The van der Waals surface area contributed by atoms with Crippen molar-refractivity contribution >= 4 is 23.4 Å². The summed E-state index contributed by atoms with van der Waals surface area (Å²) in [6.45, 7) is 2.16. The average Bonchev–Trinajstić information content (AvgIpc) is 2.54. The molecule has 0 aliphatic carbocycles. The van der Waals surface area contributed by atoms with Gasteiger partial charge in [0, 0.05) is 0 Å². The van der Waals surface area contributed by atoms with Crippen LogP contribution < -0.4 is 0 Å². The van der Waals surface area contributed by atoms with Gasteiger partial charge in [0.15, 0.2) is 0 Å². The molecule has 1 unspecified atom stereocenters. The molecule has 0 spiro atoms. The second-order valence-electron chi connectivity index (χ2n) is 3.72. The highest BCUT2D eigenvalue weighted by atomic mass is 35.5. The first-order valence-corrected chi connectivity index (χ1v) is 5.76. The van der Waals surface area contributed by atoms with E-state index in [-0.39, 0.29) is 25.0 Å². The second-order valence-corrected chi connectivity index (χ2v) is 4.34. The Morgan fingerprint density at radius 1 is 1.24 bits per heavy atom. The van der Waals surface area contributed by atoms with Gasteiger partial charge in [-0.2, -0.15) is 0 Å². The van der Waals surface area contributed by atoms with E-state index in [9.17, 15) is 9.59 Å². The van der Waals surface area contributed by atoms with Crippen molar-refractivity contribution in [3.05, 3.63) is 35.4 Å². The van der Waals surface area contributed by atoms with Gasteiger partial charge in [-0.05, 0) is 19.1 Å². The predicted octanol–water partition coefficient (Wildman–Crippen LogP) is 1.88. The Bertz CT molecular complexity index is 424. The van der Waals surface area contributed by atoms with Crippen molar-refractivity contribution in [3.8, 4) is 0 Å². The molecule has 0 saturated carbocycles. The van der Waals surface area contributed by atoms with Crippen LogP contribution >= 0.6 is 11.6 Å². The van der Waals surface area contributed by atoms with Crippen molar-refractivity contribution in [2.24, 2.45) is 0 Å². The zero-order valence-electron chi connectivity index (χ0n) is 9.35. The quantitative estimate of drug-likeness (QED) is 0.608. The zero-order chi connectivity index (χ0) is 12.4. The minimum Gasteiger partial charge on any atom is -0.361 e. The van der Waals surface area contributed by atoms with Crippen LogP contribution in [0.2, 0.25) is 0 Å². The molecule has 1 aliphatic heterocycles. The molecule has 0 bridgehead atoms. The maximum Gasteiger partial charge on any atom is 0.261 e. The van der Waals surface area contributed by atoms with E-state index in [4.69, 9.17) is 16.3 Å². The molecule has 0 aromatic heterocycles. The van der Waals surface area contributed by atoms with Crippen molar-refractivity contribution in [2.75, 3.05) is 13.2 Å². The van der Waals surface area contributed by atoms with E-state index in [0.29, 0.717) is 11.1 Å². The lowest BCUT2D eigenvalue weighted by Gasteiger charge is -2.14. The van der Waals surface area contributed by atoms with Gasteiger partial charge in [-0.15, -0.1) is 0 Å². The second kappa shape index (κ2) is 4.85. The number of alkyl halides is 1. The minimum absolute atomic E-state index is 0.226. The van der Waals surface area contributed by atoms with E-state index < -0.39 is 5.56 Å². The molecule has 0 N–H and O–H groups in total. The van der Waals surface area contributed by atoms with Gasteiger partial charge in [-0.1, -0.05) is 23.7 Å². The van der Waals surface area contributed by atoms with E-state index in [1.807, 2.05) is 0 Å². The van der Waals surface area contributed by atoms with Crippen LogP contribution in [-0.2, 0) is 4.74 Å². The molecule has 0 radical (unpaired) electrons. The molecule has 0 fully saturated rings. The summed E-state index contributed by atoms with van der Waals surface area (Å²) in [5.41, 5.74) is 0.484. The molecule has 4 nitrogen and oxygen atoms in total. The topological polar surface area (TPSA) is 46.6 Å². The number of rotatable bonds is 4. The number of hydrogen-bond acceptors (Lipinski definition) is 3. The number of carbonyl (C=O) groups is 2. The standard InChI is InChI=1S/C12H12ClNO3/c1-8(13)17-7-6-14-11(15)9-4-2-3-5-10(9)12(14)16/h2-5,8H,6-7H2,1H3. The number of amides is 2. The Kier molecular flexibility index (Phi) is 3.45. The lowest BCUT2D eigenvalue weighted by molar-refractivity contribution is 0.0542. The summed E-state index contributed by atoms with van der Waals surface area (Å²) in [7, 11) is 0. The molecule has 5 heteroatoms. The Hall–Kier alpha value is -1.39. The lowest BCUT2D eigenvalue weighted by Crippen LogP contribution is -2.33. The zero-order valence-corrected chi connectivity index (χ0v) is 10.1. The van der Waals surface area contributed by atoms with Crippen molar-refractivity contribution in [1.82, 2.24) is 4.90 Å². The molecule has 0 saturated heterocycles. The Morgan fingerprint density at radius 3 is 2.24 bits per heavy atom. The fourth-order valence-corrected chi connectivity index (χ4v) is 1.84. The summed E-state index contributed by atoms with van der Waals surface area (Å²) < 4.78 is 5.12. The van der Waals surface area contributed by atoms with E-state index in [0.717, 1.165) is 0 Å². The van der Waals surface area contributed by atoms with Crippen molar-refractivity contribution in [2.45, 2.75) is 12.5 Å². The highest BCUT2D eigenvalue weighted by molar-refractivity contribution is 6.21. The summed E-state index contributed by atoms with van der Waals surface area (Å²) in [6, 6.07) is 6.79. The summed E-state index contributed by atoms with van der Waals surface area (Å²) >= 11 is 5.61. The third kappa shape index (κ3) is 2.33. The Labute approximate surface area is 104 Å². The highest BCUT2D eigenvalue weighted by Crippen LogP contribution is 2.21. The van der Waals surface area contributed by atoms with Gasteiger partial charge in [0.25, 0.3) is 11.8 Å². The number of hydrogen-bond donors (Lipinski definition) is 0. The van der Waals surface area contributed by atoms with E-state index in [1.54, 1.807) is 31.2 Å². The minimum atomic E-state index is -0.426. The maximum absolute atomic E-state index is 11.9. The van der Waals surface area contributed by atoms with Crippen LogP contribution in [0.15, 0.2) is 24.3 Å². The molecule has 90 valence electrons. The molecule has 17 heavy (non-hydrogen) atoms. The lowest BCUT2D eigenvalue weighted by atomic mass is 10.1. The van der Waals surface area contributed by atoms with Crippen molar-refractivity contribution in [3.63, 3.8) is 0 Å². The molecule has 2 amide bonds. The van der Waals surface area contributed by atoms with Gasteiger partial charge in [-0.3, -0.25) is 14.5 Å². The van der Waals surface area contributed by atoms with Gasteiger partial charge in [-0.25, -0.2) is 0 Å². The predicted molar refractivity (Wildman–Crippen MR) is 63.1 cm³/mol. The number of ether oxygens (including phenoxy) is 1. The molecule has 2 rings (SSSR count). The van der Waals surface area contributed by atoms with Crippen LogP contribution in [0.4, 0.5) is 0 Å². The smallest absolute Gasteiger partial charge is 0.261 e. The van der Waals surface area contributed by atoms with Gasteiger partial charge < -0.3 is 4.74 Å². The fourth-order valence-electron chi connectivity index (χ4n) is 1.75. The average molecular weight is 254 g/mol. The van der Waals surface area contributed by atoms with Crippen LogP contribution in [0.3, 0.4) is 0 Å². The van der Waals surface area contributed by atoms with Gasteiger partial charge in [0.1, 0.15) is 5.56 Å². The number of nitrogens with zero attached hydrogens (tertiary/aromatic N) is 1. The van der Waals surface area contributed by atoms with Gasteiger partial charge >= 0.3 is 0 Å². The van der Waals surface area contributed by atoms with E-state index >= 15 is 0 Å². The monoisotopic (exact) mass is 253 g/mol. The Balaban J connectivity index is 2.08. The Morgan fingerprint density at radius 2 is 1.76 bits per heavy atom. The highest BCUT2D eigenvalue weighted by Gasteiger charge is 2.34. The third-order valence-corrected chi connectivity index (χ3v) is 2.67. The van der Waals surface area contributed by atoms with Gasteiger partial charge in [0.05, 0.1) is 24.3 Å². The molecule has 1 heterocycles. The molecule has 1 aromatic rings. The number of halogens is 1. The molecular formula is C12H12ClNO3. The van der Waals surface area contributed by atoms with E-state index in [2.05, 4.69) is 0 Å². The van der Waals surface area contributed by atoms with Crippen LogP contribution in [0.1, 0.15) is 27.6 Å². The molecular weight excluding hydrogens is 242 g/mol. The van der Waals surface area contributed by atoms with Crippen LogP contribution in [-0.4, -0.2) is 35.4 Å². The van der Waals surface area contributed by atoms with Crippen molar-refractivity contribution in [1.29, 1.82) is 0 Å². The number of imide groups is 1. The van der Waals surface area contributed by atoms with E-state index in [1.165, 1.54) is 4.90 Å². The molecule has 1 atom stereocenters. The number of fused-ring (bicyclic) bond motifs is 1. The third-order valence-electron chi connectivity index (χ3n) is 2.54. The largest absolute Gasteiger partial charge is 0.361 e. The number of carbonyl (C=O) groups excluding carboxylic acids is 2. The summed E-state index contributed by atoms with van der Waals surface area (Å²) in [6.07, 6.45) is 0. The van der Waals surface area contributed by atoms with Crippen molar-refractivity contribution < 1.29 is 14.3 Å². The molecule has 1 aliphatic rings. The fraction of sp³-hybridized carbons (Fsp3) is 0.333. The SMILES string of the molecule is CC(Cl)OCCN1C(=O)c2ccccc2C1=O. The van der Waals surface area contributed by atoms with Crippen LogP contribution in [0, 0.1) is 0 Å². The van der Waals surface area contributed by atoms with Gasteiger partial charge in [0.2, 0.25) is 0 Å². The van der Waals surface area contributed by atoms with Crippen LogP contribution in [0.25, 0.3) is 0 Å². The summed E-state index contributed by atoms with van der Waals surface area (Å²) in [5, 5.41) is 0. The molecule has 1 aromatic carbocycles. The number of benzene rings is 1. The summed E-state index contributed by atoms with van der Waals surface area (Å²) in [4.78, 5) is 25.0. The summed E-state index contributed by atoms with van der Waals surface area (Å²) in [5.74, 6) is -0.534. The first-order valence-electron chi connectivity index (χ1n) is 5.32. The first-order chi connectivity index (χ1) is 8.11.